The lowest BCUT2D eigenvalue weighted by Crippen LogP contribution is -2.52. The lowest BCUT2D eigenvalue weighted by atomic mass is 10.1. The van der Waals surface area contributed by atoms with Crippen LogP contribution in [-0.2, 0) is 26.2 Å². The van der Waals surface area contributed by atoms with E-state index in [0.29, 0.717) is 5.56 Å². The van der Waals surface area contributed by atoms with Crippen molar-refractivity contribution in [2.75, 3.05) is 18.0 Å². The number of hydrogen-bond acceptors (Lipinski definition) is 7. The van der Waals surface area contributed by atoms with Crippen LogP contribution >= 0.6 is 27.5 Å². The average molecular weight is 696 g/mol. The number of methoxy groups -OCH3 is 1. The summed E-state index contributed by atoms with van der Waals surface area (Å²) in [6, 6.07) is 13.7. The van der Waals surface area contributed by atoms with E-state index < -0.39 is 49.9 Å². The maximum Gasteiger partial charge on any atom is 0.273 e. The Bertz CT molecular complexity index is 1630. The zero-order chi connectivity index (χ0) is 32.1. The summed E-state index contributed by atoms with van der Waals surface area (Å²) >= 11 is 9.65. The maximum absolute atomic E-state index is 14.2. The van der Waals surface area contributed by atoms with Gasteiger partial charge in [0.15, 0.2) is 0 Å². The average Bonchev–Trinajstić information content (AvgIpc) is 2.93. The molecule has 2 amide bonds. The van der Waals surface area contributed by atoms with Crippen LogP contribution in [0.3, 0.4) is 0 Å². The number of hydrogen-bond donors (Lipinski definition) is 1. The first-order valence-corrected chi connectivity index (χ1v) is 15.7. The van der Waals surface area contributed by atoms with E-state index in [1.54, 1.807) is 39.0 Å². The van der Waals surface area contributed by atoms with Crippen LogP contribution in [0.4, 0.5) is 11.4 Å². The summed E-state index contributed by atoms with van der Waals surface area (Å²) in [7, 11) is -3.29. The van der Waals surface area contributed by atoms with Crippen molar-refractivity contribution < 1.29 is 27.7 Å². The number of ether oxygens (including phenoxy) is 1. The van der Waals surface area contributed by atoms with Gasteiger partial charge in [-0.25, -0.2) is 8.42 Å². The zero-order valence-electron chi connectivity index (χ0n) is 24.2. The number of nitro groups is 1. The molecule has 0 fully saturated rings. The smallest absolute Gasteiger partial charge is 0.273 e. The van der Waals surface area contributed by atoms with Crippen LogP contribution in [0.1, 0.15) is 31.9 Å². The number of benzene rings is 3. The number of nitrogens with one attached hydrogen (secondary N) is 1. The quantitative estimate of drug-likeness (QED) is 0.196. The molecule has 0 radical (unpaired) electrons. The van der Waals surface area contributed by atoms with Gasteiger partial charge in [-0.15, -0.1) is 0 Å². The van der Waals surface area contributed by atoms with E-state index in [-0.39, 0.29) is 34.6 Å². The van der Waals surface area contributed by atoms with Gasteiger partial charge in [0, 0.05) is 33.7 Å². The number of halogens is 2. The van der Waals surface area contributed by atoms with Gasteiger partial charge in [0.1, 0.15) is 18.3 Å². The predicted octanol–water partition coefficient (Wildman–Crippen LogP) is 5.46. The van der Waals surface area contributed by atoms with Crippen molar-refractivity contribution in [1.29, 1.82) is 0 Å². The summed E-state index contributed by atoms with van der Waals surface area (Å²) in [6.45, 7) is 5.82. The molecular weight excluding hydrogens is 664 g/mol. The van der Waals surface area contributed by atoms with Gasteiger partial charge in [-0.1, -0.05) is 45.7 Å². The van der Waals surface area contributed by atoms with Crippen LogP contribution in [0.5, 0.6) is 5.75 Å². The molecule has 0 saturated heterocycles. The molecular formula is C29H32BrClN4O7S. The van der Waals surface area contributed by atoms with Gasteiger partial charge in [-0.2, -0.15) is 0 Å². The summed E-state index contributed by atoms with van der Waals surface area (Å²) in [5.41, 5.74) is 0.488. The van der Waals surface area contributed by atoms with Crippen molar-refractivity contribution in [3.63, 3.8) is 0 Å². The maximum atomic E-state index is 14.2. The van der Waals surface area contributed by atoms with Gasteiger partial charge in [-0.3, -0.25) is 24.0 Å². The summed E-state index contributed by atoms with van der Waals surface area (Å²) in [5, 5.41) is 14.6. The van der Waals surface area contributed by atoms with Gasteiger partial charge in [0.25, 0.3) is 15.7 Å². The number of nitrogens with zero attached hydrogens (tertiary/aromatic N) is 3. The first kappa shape index (κ1) is 33.8. The van der Waals surface area contributed by atoms with Gasteiger partial charge in [0.2, 0.25) is 11.8 Å². The molecule has 0 aliphatic rings. The Morgan fingerprint density at radius 3 is 2.40 bits per heavy atom. The molecule has 0 spiro atoms. The van der Waals surface area contributed by atoms with E-state index in [1.807, 2.05) is 6.07 Å². The Morgan fingerprint density at radius 1 is 1.09 bits per heavy atom. The minimum atomic E-state index is -4.61. The molecule has 0 saturated carbocycles. The second kappa shape index (κ2) is 14.2. The molecule has 0 aliphatic heterocycles. The van der Waals surface area contributed by atoms with Gasteiger partial charge >= 0.3 is 0 Å². The normalized spacial score (nSPS) is 12.0. The van der Waals surface area contributed by atoms with E-state index in [4.69, 9.17) is 16.3 Å². The Balaban J connectivity index is 2.17. The van der Waals surface area contributed by atoms with E-state index >= 15 is 0 Å². The molecule has 43 heavy (non-hydrogen) atoms. The fourth-order valence-electron chi connectivity index (χ4n) is 4.26. The molecule has 14 heteroatoms. The third-order valence-corrected chi connectivity index (χ3v) is 8.98. The lowest BCUT2D eigenvalue weighted by Gasteiger charge is -2.32. The molecule has 0 aliphatic carbocycles. The van der Waals surface area contributed by atoms with E-state index in [0.717, 1.165) is 14.8 Å². The molecule has 0 heterocycles. The van der Waals surface area contributed by atoms with Crippen LogP contribution in [0, 0.1) is 17.0 Å². The second-order valence-electron chi connectivity index (χ2n) is 10.0. The van der Waals surface area contributed by atoms with E-state index in [9.17, 15) is 28.1 Å². The largest absolute Gasteiger partial charge is 0.495 e. The van der Waals surface area contributed by atoms with Crippen LogP contribution in [0.2, 0.25) is 5.02 Å². The Labute approximate surface area is 264 Å². The monoisotopic (exact) mass is 694 g/mol. The number of sulfonamides is 1. The van der Waals surface area contributed by atoms with Gasteiger partial charge < -0.3 is 15.0 Å². The highest BCUT2D eigenvalue weighted by atomic mass is 79.9. The molecule has 0 unspecified atom stereocenters. The lowest BCUT2D eigenvalue weighted by molar-refractivity contribution is -0.385. The van der Waals surface area contributed by atoms with E-state index in [2.05, 4.69) is 21.2 Å². The standard InChI is InChI=1S/C29H32BrClN4O7S/c1-18(2)32-29(37)20(4)33(16-21-7-6-8-22(30)13-21)28(36)17-34(26-14-23(31)10-12-27(26)42-5)43(40,41)24-11-9-19(3)25(15-24)35(38)39/h6-15,18,20H,16-17H2,1-5H3,(H,32,37)/t20-/m1/s1. The number of rotatable bonds is 12. The minimum absolute atomic E-state index is 0.0124. The number of aryl methyl sites for hydroxylation is 1. The highest BCUT2D eigenvalue weighted by molar-refractivity contribution is 9.10. The minimum Gasteiger partial charge on any atom is -0.495 e. The number of anilines is 1. The van der Waals surface area contributed by atoms with Crippen molar-refractivity contribution in [2.24, 2.45) is 0 Å². The highest BCUT2D eigenvalue weighted by Gasteiger charge is 2.35. The van der Waals surface area contributed by atoms with Gasteiger partial charge in [-0.05, 0) is 69.7 Å². The van der Waals surface area contributed by atoms with Crippen molar-refractivity contribution in [3.05, 3.63) is 91.4 Å². The van der Waals surface area contributed by atoms with Crippen molar-refractivity contribution in [3.8, 4) is 5.75 Å². The number of nitro benzene ring substituents is 1. The van der Waals surface area contributed by atoms with Crippen molar-refractivity contribution >= 4 is 60.7 Å². The SMILES string of the molecule is COc1ccc(Cl)cc1N(CC(=O)N(Cc1cccc(Br)c1)[C@H](C)C(=O)NC(C)C)S(=O)(=O)c1ccc(C)c([N+](=O)[O-])c1. The summed E-state index contributed by atoms with van der Waals surface area (Å²) in [4.78, 5) is 38.9. The van der Waals surface area contributed by atoms with Crippen LogP contribution in [0.25, 0.3) is 0 Å². The Kier molecular flexibility index (Phi) is 11.2. The summed E-state index contributed by atoms with van der Waals surface area (Å²) in [6.07, 6.45) is 0. The molecule has 3 aromatic carbocycles. The third-order valence-electron chi connectivity index (χ3n) is 6.49. The molecule has 3 aromatic rings. The number of carbonyl (C=O) groups is 2. The first-order valence-electron chi connectivity index (χ1n) is 13.1. The fraction of sp³-hybridized carbons (Fsp3) is 0.310. The first-order chi connectivity index (χ1) is 20.1. The molecule has 0 aromatic heterocycles. The summed E-state index contributed by atoms with van der Waals surface area (Å²) in [5.74, 6) is -1.05. The van der Waals surface area contributed by atoms with Crippen LogP contribution < -0.4 is 14.4 Å². The molecule has 3 rings (SSSR count). The Morgan fingerprint density at radius 2 is 1.79 bits per heavy atom. The molecule has 1 N–H and O–H groups in total. The van der Waals surface area contributed by atoms with Crippen molar-refractivity contribution in [2.45, 2.75) is 51.2 Å². The van der Waals surface area contributed by atoms with Crippen molar-refractivity contribution in [1.82, 2.24) is 10.2 Å². The highest BCUT2D eigenvalue weighted by Crippen LogP contribution is 2.36. The topological polar surface area (TPSA) is 139 Å². The molecule has 1 atom stereocenters. The number of amides is 2. The third kappa shape index (κ3) is 8.24. The fourth-order valence-corrected chi connectivity index (χ4v) is 6.31. The number of carbonyl (C=O) groups excluding carboxylic acids is 2. The molecule has 230 valence electrons. The summed E-state index contributed by atoms with van der Waals surface area (Å²) < 4.78 is 35.3. The van der Waals surface area contributed by atoms with Crippen LogP contribution in [0.15, 0.2) is 70.0 Å². The van der Waals surface area contributed by atoms with Crippen LogP contribution in [-0.4, -0.2) is 55.8 Å². The zero-order valence-corrected chi connectivity index (χ0v) is 27.4. The molecule has 0 bridgehead atoms. The van der Waals surface area contributed by atoms with Gasteiger partial charge in [0.05, 0.1) is 22.6 Å². The predicted molar refractivity (Wildman–Crippen MR) is 168 cm³/mol. The molecule has 11 nitrogen and oxygen atoms in total. The van der Waals surface area contributed by atoms with E-state index in [1.165, 1.54) is 49.3 Å². The second-order valence-corrected chi connectivity index (χ2v) is 13.2. The Hall–Kier alpha value is -3.68.